The number of alkyl halides is 3. The average molecular weight is 692 g/mol. The Morgan fingerprint density at radius 2 is 1.50 bits per heavy atom. The van der Waals surface area contributed by atoms with E-state index in [1.54, 1.807) is 40.7 Å². The molecule has 0 heterocycles. The normalized spacial score (nSPS) is 14.1. The molecule has 0 bridgehead atoms. The van der Waals surface area contributed by atoms with Gasteiger partial charge in [0.25, 0.3) is 5.91 Å². The number of nitrogens with zero attached hydrogens (tertiary/aromatic N) is 2. The van der Waals surface area contributed by atoms with E-state index in [2.05, 4.69) is 5.32 Å². The molecule has 2 N–H and O–H groups in total. The van der Waals surface area contributed by atoms with Gasteiger partial charge in [-0.3, -0.25) is 14.0 Å². The topological polar surface area (TPSA) is 116 Å². The van der Waals surface area contributed by atoms with Gasteiger partial charge in [-0.05, 0) is 75.4 Å². The molecule has 0 fully saturated rings. The van der Waals surface area contributed by atoms with Gasteiger partial charge in [-0.25, -0.2) is 13.2 Å². The van der Waals surface area contributed by atoms with E-state index in [9.17, 15) is 36.3 Å². The van der Waals surface area contributed by atoms with E-state index in [-0.39, 0.29) is 36.6 Å². The second kappa shape index (κ2) is 15.4. The molecule has 262 valence electrons. The number of anilines is 1. The summed E-state index contributed by atoms with van der Waals surface area (Å²) in [6.07, 6.45) is -4.22. The zero-order valence-corrected chi connectivity index (χ0v) is 28.9. The van der Waals surface area contributed by atoms with Crippen LogP contribution in [0.2, 0.25) is 0 Å². The molecule has 0 aliphatic heterocycles. The number of ether oxygens (including phenoxy) is 1. The smallest absolute Gasteiger partial charge is 0.412 e. The lowest BCUT2D eigenvalue weighted by molar-refractivity contribution is -0.155. The molecule has 13 heteroatoms. The summed E-state index contributed by atoms with van der Waals surface area (Å²) in [5, 5.41) is 12.3. The molecule has 0 saturated heterocycles. The van der Waals surface area contributed by atoms with E-state index in [0.29, 0.717) is 18.4 Å². The monoisotopic (exact) mass is 691 g/mol. The van der Waals surface area contributed by atoms with E-state index in [0.717, 1.165) is 16.1 Å². The number of carbonyl (C=O) groups excluding carboxylic acids is 1. The Balaban J connectivity index is 2.02. The van der Waals surface area contributed by atoms with Gasteiger partial charge in [-0.1, -0.05) is 67.6 Å². The third-order valence-corrected chi connectivity index (χ3v) is 8.80. The first-order chi connectivity index (χ1) is 22.3. The number of amides is 2. The van der Waals surface area contributed by atoms with Crippen molar-refractivity contribution in [3.05, 3.63) is 101 Å². The van der Waals surface area contributed by atoms with E-state index in [4.69, 9.17) is 4.74 Å². The molecule has 3 rings (SSSR count). The predicted octanol–water partition coefficient (Wildman–Crippen LogP) is 7.19. The van der Waals surface area contributed by atoms with Crippen LogP contribution < -0.4 is 9.62 Å². The van der Waals surface area contributed by atoms with Crippen molar-refractivity contribution in [2.75, 3.05) is 23.7 Å². The zero-order valence-electron chi connectivity index (χ0n) is 28.0. The van der Waals surface area contributed by atoms with Crippen LogP contribution in [0, 0.1) is 0 Å². The first-order valence-corrected chi connectivity index (χ1v) is 17.3. The van der Waals surface area contributed by atoms with E-state index in [1.165, 1.54) is 47.4 Å². The molecule has 0 spiro atoms. The maximum atomic E-state index is 14.1. The van der Waals surface area contributed by atoms with Crippen molar-refractivity contribution in [1.82, 2.24) is 10.2 Å². The fourth-order valence-electron chi connectivity index (χ4n) is 5.88. The van der Waals surface area contributed by atoms with Crippen LogP contribution >= 0.6 is 0 Å². The van der Waals surface area contributed by atoms with Crippen LogP contribution in [0.1, 0.15) is 74.1 Å². The van der Waals surface area contributed by atoms with Crippen LogP contribution in [0.3, 0.4) is 0 Å². The van der Waals surface area contributed by atoms with Gasteiger partial charge in [0.2, 0.25) is 10.0 Å². The molecule has 0 aromatic heterocycles. The Kier molecular flexibility index (Phi) is 12.3. The minimum Gasteiger partial charge on any atom is -0.465 e. The molecular weight excluding hydrogens is 647 g/mol. The SMILES string of the molecule is CCCN(c1cc(COCC(C)(Cc2ccccc2)N(C(=O)O)C(C)(C)C)cc(C(=O)NC(c2ccccc2)C(F)(F)F)c1)S(C)(=O)=O. The van der Waals surface area contributed by atoms with Crippen molar-refractivity contribution in [3.63, 3.8) is 0 Å². The summed E-state index contributed by atoms with van der Waals surface area (Å²) in [6.45, 7) is 8.63. The van der Waals surface area contributed by atoms with Crippen LogP contribution in [-0.2, 0) is 27.8 Å². The third-order valence-electron chi connectivity index (χ3n) is 7.60. The number of nitrogens with one attached hydrogen (secondary N) is 1. The minimum atomic E-state index is -4.81. The van der Waals surface area contributed by atoms with Gasteiger partial charge < -0.3 is 15.2 Å². The molecule has 2 atom stereocenters. The van der Waals surface area contributed by atoms with Crippen molar-refractivity contribution in [1.29, 1.82) is 0 Å². The summed E-state index contributed by atoms with van der Waals surface area (Å²) in [5.74, 6) is -1.06. The second-order valence-electron chi connectivity index (χ2n) is 13.0. The summed E-state index contributed by atoms with van der Waals surface area (Å²) < 4.78 is 75.0. The van der Waals surface area contributed by atoms with Gasteiger partial charge in [0, 0.05) is 17.6 Å². The average Bonchev–Trinajstić information content (AvgIpc) is 2.97. The molecule has 0 radical (unpaired) electrons. The summed E-state index contributed by atoms with van der Waals surface area (Å²) >= 11 is 0. The molecular formula is C35H44F3N3O6S. The number of carboxylic acid groups (broad SMARTS) is 1. The van der Waals surface area contributed by atoms with Crippen molar-refractivity contribution in [3.8, 4) is 0 Å². The molecule has 0 aliphatic rings. The highest BCUT2D eigenvalue weighted by molar-refractivity contribution is 7.92. The van der Waals surface area contributed by atoms with Crippen LogP contribution in [0.15, 0.2) is 78.9 Å². The summed E-state index contributed by atoms with van der Waals surface area (Å²) in [5.41, 5.74) is -0.973. The summed E-state index contributed by atoms with van der Waals surface area (Å²) in [7, 11) is -3.84. The van der Waals surface area contributed by atoms with Gasteiger partial charge in [-0.15, -0.1) is 0 Å². The van der Waals surface area contributed by atoms with Crippen molar-refractivity contribution >= 4 is 27.7 Å². The Morgan fingerprint density at radius 1 is 0.917 bits per heavy atom. The fourth-order valence-corrected chi connectivity index (χ4v) is 6.89. The van der Waals surface area contributed by atoms with Crippen molar-refractivity contribution in [2.45, 2.75) is 77.4 Å². The Bertz CT molecular complexity index is 1650. The summed E-state index contributed by atoms with van der Waals surface area (Å²) in [4.78, 5) is 27.3. The Labute approximate surface area is 280 Å². The zero-order chi connectivity index (χ0) is 35.9. The number of hydrogen-bond donors (Lipinski definition) is 2. The molecule has 0 aliphatic carbocycles. The number of hydrogen-bond acceptors (Lipinski definition) is 5. The lowest BCUT2D eigenvalue weighted by Crippen LogP contribution is -2.61. The molecule has 2 amide bonds. The number of sulfonamides is 1. The van der Waals surface area contributed by atoms with Gasteiger partial charge >= 0.3 is 12.3 Å². The maximum Gasteiger partial charge on any atom is 0.412 e. The van der Waals surface area contributed by atoms with Gasteiger partial charge in [0.1, 0.15) is 0 Å². The van der Waals surface area contributed by atoms with Crippen LogP contribution in [0.5, 0.6) is 0 Å². The van der Waals surface area contributed by atoms with Crippen LogP contribution in [0.25, 0.3) is 0 Å². The number of rotatable bonds is 14. The van der Waals surface area contributed by atoms with E-state index >= 15 is 0 Å². The fraction of sp³-hybridized carbons (Fsp3) is 0.429. The lowest BCUT2D eigenvalue weighted by atomic mass is 9.87. The summed E-state index contributed by atoms with van der Waals surface area (Å²) in [6, 6.07) is 18.0. The Hall–Kier alpha value is -4.10. The van der Waals surface area contributed by atoms with Gasteiger partial charge in [0.05, 0.1) is 30.7 Å². The predicted molar refractivity (Wildman–Crippen MR) is 179 cm³/mol. The van der Waals surface area contributed by atoms with Crippen LogP contribution in [0.4, 0.5) is 23.7 Å². The van der Waals surface area contributed by atoms with E-state index < -0.39 is 45.3 Å². The molecule has 48 heavy (non-hydrogen) atoms. The first kappa shape index (κ1) is 38.3. The largest absolute Gasteiger partial charge is 0.465 e. The highest BCUT2D eigenvalue weighted by Crippen LogP contribution is 2.34. The first-order valence-electron chi connectivity index (χ1n) is 15.5. The van der Waals surface area contributed by atoms with Crippen LogP contribution in [-0.4, -0.2) is 67.1 Å². The number of carbonyl (C=O) groups is 2. The molecule has 9 nitrogen and oxygen atoms in total. The molecule has 0 saturated carbocycles. The highest BCUT2D eigenvalue weighted by atomic mass is 32.2. The Morgan fingerprint density at radius 3 is 2.00 bits per heavy atom. The van der Waals surface area contributed by atoms with Crippen molar-refractivity contribution < 1.29 is 41.0 Å². The molecule has 3 aromatic carbocycles. The number of benzene rings is 3. The maximum absolute atomic E-state index is 14.1. The lowest BCUT2D eigenvalue weighted by Gasteiger charge is -2.47. The van der Waals surface area contributed by atoms with Crippen molar-refractivity contribution in [2.24, 2.45) is 0 Å². The third kappa shape index (κ3) is 10.2. The van der Waals surface area contributed by atoms with E-state index in [1.807, 2.05) is 30.3 Å². The number of halogens is 3. The standard InChI is InChI=1S/C35H44F3N3O6S/c1-7-18-40(48(6,45)46)29-20-26(19-28(21-29)31(42)39-30(35(36,37)38)27-16-12-9-13-17-27)23-47-24-34(5,22-25-14-10-8-11-15-25)41(32(43)44)33(2,3)4/h8-17,19-21,30H,7,18,22-24H2,1-6H3,(H,39,42)(H,43,44). The molecule has 2 unspecified atom stereocenters. The highest BCUT2D eigenvalue weighted by Gasteiger charge is 2.43. The second-order valence-corrected chi connectivity index (χ2v) is 14.9. The molecule has 3 aromatic rings. The van der Waals surface area contributed by atoms with Gasteiger partial charge in [0.15, 0.2) is 6.04 Å². The minimum absolute atomic E-state index is 0.0632. The van der Waals surface area contributed by atoms with Gasteiger partial charge in [-0.2, -0.15) is 13.2 Å². The quantitative estimate of drug-likeness (QED) is 0.185.